The highest BCUT2D eigenvalue weighted by molar-refractivity contribution is 6.83. The van der Waals surface area contributed by atoms with E-state index >= 15 is 0 Å². The molecule has 0 aliphatic carbocycles. The molecule has 35 heavy (non-hydrogen) atoms. The number of aryl methyl sites for hydroxylation is 1. The molecule has 0 bridgehead atoms. The van der Waals surface area contributed by atoms with Crippen molar-refractivity contribution in [2.45, 2.75) is 46.0 Å². The summed E-state index contributed by atoms with van der Waals surface area (Å²) in [6, 6.07) is 13.5. The van der Waals surface area contributed by atoms with Crippen molar-refractivity contribution >= 4 is 19.7 Å². The molecule has 2 aromatic carbocycles. The second-order valence-electron chi connectivity index (χ2n) is 9.55. The largest absolute Gasteiger partial charge is 0.497 e. The number of benzene rings is 2. The molecule has 0 saturated carbocycles. The van der Waals surface area contributed by atoms with E-state index in [4.69, 9.17) is 9.73 Å². The summed E-state index contributed by atoms with van der Waals surface area (Å²) >= 11 is 0. The number of nitrogens with one attached hydrogen (secondary N) is 1. The molecule has 1 N–H and O–H groups in total. The van der Waals surface area contributed by atoms with Crippen LogP contribution >= 0.6 is 0 Å². The molecule has 8 heteroatoms. The Balaban J connectivity index is 1.88. The van der Waals surface area contributed by atoms with Crippen molar-refractivity contribution in [1.82, 2.24) is 20.1 Å². The predicted octanol–water partition coefficient (Wildman–Crippen LogP) is 4.23. The summed E-state index contributed by atoms with van der Waals surface area (Å²) in [5.41, 5.74) is 7.91. The maximum absolute atomic E-state index is 12.6. The third-order valence-corrected chi connectivity index (χ3v) is 6.50. The molecule has 1 aliphatic rings. The fraction of sp³-hybridized carbons (Fsp3) is 0.333. The quantitative estimate of drug-likeness (QED) is 0.433. The number of carbonyl (C=O) groups excluding carboxylic acids is 1. The minimum Gasteiger partial charge on any atom is -0.497 e. The molecule has 1 aromatic heterocycles. The molecule has 0 fully saturated rings. The zero-order chi connectivity index (χ0) is 25.2. The minimum atomic E-state index is -1.47. The van der Waals surface area contributed by atoms with Gasteiger partial charge in [0, 0.05) is 23.2 Å². The fourth-order valence-corrected chi connectivity index (χ4v) is 4.50. The van der Waals surface area contributed by atoms with Crippen LogP contribution in [0.3, 0.4) is 0 Å². The van der Waals surface area contributed by atoms with Crippen LogP contribution in [0.4, 0.5) is 0 Å². The fourth-order valence-electron chi connectivity index (χ4n) is 3.99. The van der Waals surface area contributed by atoms with Gasteiger partial charge in [-0.05, 0) is 44.2 Å². The van der Waals surface area contributed by atoms with Crippen molar-refractivity contribution in [3.63, 3.8) is 0 Å². The first-order valence-corrected chi connectivity index (χ1v) is 15.3. The number of rotatable bonds is 5. The molecule has 1 aliphatic heterocycles. The second-order valence-corrected chi connectivity index (χ2v) is 14.3. The first-order chi connectivity index (χ1) is 16.7. The van der Waals surface area contributed by atoms with Gasteiger partial charge in [-0.1, -0.05) is 37.7 Å². The molecule has 7 nitrogen and oxygen atoms in total. The van der Waals surface area contributed by atoms with E-state index in [0.29, 0.717) is 12.4 Å². The first kappa shape index (κ1) is 24.4. The zero-order valence-corrected chi connectivity index (χ0v) is 22.1. The van der Waals surface area contributed by atoms with Crippen molar-refractivity contribution in [3.8, 4) is 22.9 Å². The maximum Gasteiger partial charge on any atom is 0.222 e. The Labute approximate surface area is 207 Å². The standard InChI is InChI=1S/C27H31N5O2Si/c1-7-28-25(33)17-23-27-31-30-18(2)32(27)24-13-12-21(34-3)16-22(24)26(29-23)20-10-8-19(9-11-20)14-15-35(4,5)6/h8-13,16,23H,7,17H2,1-6H3,(H,28,33)/t23-/m0/s1. The van der Waals surface area contributed by atoms with Crippen LogP contribution in [0.15, 0.2) is 47.5 Å². The molecular formula is C27H31N5O2Si. The van der Waals surface area contributed by atoms with Gasteiger partial charge >= 0.3 is 0 Å². The van der Waals surface area contributed by atoms with Gasteiger partial charge in [0.05, 0.1) is 24.9 Å². The summed E-state index contributed by atoms with van der Waals surface area (Å²) in [5, 5.41) is 11.6. The SMILES string of the molecule is CCNC(=O)C[C@@H]1N=C(c2ccc(C#C[Si](C)(C)C)cc2)c2cc(OC)ccc2-n2c(C)nnc21. The first-order valence-electron chi connectivity index (χ1n) is 11.8. The molecule has 4 rings (SSSR count). The molecule has 3 aromatic rings. The molecule has 2 heterocycles. The zero-order valence-electron chi connectivity index (χ0n) is 21.1. The minimum absolute atomic E-state index is 0.0756. The number of aliphatic imine (C=N–C) groups is 1. The normalized spacial score (nSPS) is 14.6. The van der Waals surface area contributed by atoms with E-state index in [1.54, 1.807) is 7.11 Å². The van der Waals surface area contributed by atoms with Gasteiger partial charge in [0.2, 0.25) is 5.91 Å². The number of ether oxygens (including phenoxy) is 1. The van der Waals surface area contributed by atoms with Crippen LogP contribution < -0.4 is 10.1 Å². The number of nitrogens with zero attached hydrogens (tertiary/aromatic N) is 4. The summed E-state index contributed by atoms with van der Waals surface area (Å²) < 4.78 is 7.53. The van der Waals surface area contributed by atoms with Gasteiger partial charge in [-0.3, -0.25) is 14.4 Å². The van der Waals surface area contributed by atoms with Gasteiger partial charge in [0.1, 0.15) is 25.7 Å². The topological polar surface area (TPSA) is 81.4 Å². The van der Waals surface area contributed by atoms with Crippen molar-refractivity contribution < 1.29 is 9.53 Å². The number of aromatic nitrogens is 3. The molecule has 0 saturated heterocycles. The van der Waals surface area contributed by atoms with Crippen molar-refractivity contribution in [2.75, 3.05) is 13.7 Å². The molecule has 180 valence electrons. The van der Waals surface area contributed by atoms with Gasteiger partial charge < -0.3 is 10.1 Å². The molecule has 1 amide bonds. The Kier molecular flexibility index (Phi) is 6.90. The number of amides is 1. The lowest BCUT2D eigenvalue weighted by Crippen LogP contribution is -2.25. The van der Waals surface area contributed by atoms with Crippen molar-refractivity contribution in [2.24, 2.45) is 4.99 Å². The molecule has 0 radical (unpaired) electrons. The Morgan fingerprint density at radius 3 is 2.54 bits per heavy atom. The van der Waals surface area contributed by atoms with Gasteiger partial charge in [-0.15, -0.1) is 15.7 Å². The highest BCUT2D eigenvalue weighted by Gasteiger charge is 2.29. The smallest absolute Gasteiger partial charge is 0.222 e. The Morgan fingerprint density at radius 1 is 1.14 bits per heavy atom. The summed E-state index contributed by atoms with van der Waals surface area (Å²) in [5.74, 6) is 5.34. The van der Waals surface area contributed by atoms with Crippen LogP contribution in [-0.2, 0) is 4.79 Å². The van der Waals surface area contributed by atoms with Crippen LogP contribution in [0, 0.1) is 18.4 Å². The second kappa shape index (κ2) is 9.88. The number of methoxy groups -OCH3 is 1. The summed E-state index contributed by atoms with van der Waals surface area (Å²) in [6.07, 6.45) is 0.181. The van der Waals surface area contributed by atoms with Gasteiger partial charge in [-0.25, -0.2) is 0 Å². The number of fused-ring (bicyclic) bond motifs is 3. The van der Waals surface area contributed by atoms with E-state index in [1.165, 1.54) is 0 Å². The Morgan fingerprint density at radius 2 is 1.89 bits per heavy atom. The predicted molar refractivity (Wildman–Crippen MR) is 141 cm³/mol. The van der Waals surface area contributed by atoms with Gasteiger partial charge in [0.15, 0.2) is 5.82 Å². The summed E-state index contributed by atoms with van der Waals surface area (Å²) in [7, 11) is 0.179. The van der Waals surface area contributed by atoms with E-state index in [0.717, 1.165) is 39.7 Å². The number of hydrogen-bond acceptors (Lipinski definition) is 5. The lowest BCUT2D eigenvalue weighted by Gasteiger charge is -2.14. The van der Waals surface area contributed by atoms with Crippen LogP contribution in [-0.4, -0.2) is 48.1 Å². The van der Waals surface area contributed by atoms with Crippen LogP contribution in [0.5, 0.6) is 5.75 Å². The van der Waals surface area contributed by atoms with Gasteiger partial charge in [0.25, 0.3) is 0 Å². The lowest BCUT2D eigenvalue weighted by molar-refractivity contribution is -0.121. The van der Waals surface area contributed by atoms with Crippen molar-refractivity contribution in [3.05, 3.63) is 70.8 Å². The van der Waals surface area contributed by atoms with E-state index in [2.05, 4.69) is 46.6 Å². The average Bonchev–Trinajstić information content (AvgIpc) is 3.15. The summed E-state index contributed by atoms with van der Waals surface area (Å²) in [6.45, 7) is 11.1. The third-order valence-electron chi connectivity index (χ3n) is 5.63. The third kappa shape index (κ3) is 5.36. The molecule has 0 spiro atoms. The molecule has 0 unspecified atom stereocenters. The van der Waals surface area contributed by atoms with Crippen LogP contribution in [0.2, 0.25) is 19.6 Å². The van der Waals surface area contributed by atoms with Crippen LogP contribution in [0.1, 0.15) is 47.7 Å². The summed E-state index contributed by atoms with van der Waals surface area (Å²) in [4.78, 5) is 17.7. The van der Waals surface area contributed by atoms with Gasteiger partial charge in [-0.2, -0.15) is 0 Å². The molecular weight excluding hydrogens is 454 g/mol. The number of hydrogen-bond donors (Lipinski definition) is 1. The number of carbonyl (C=O) groups is 1. The highest BCUT2D eigenvalue weighted by Crippen LogP contribution is 2.34. The maximum atomic E-state index is 12.6. The van der Waals surface area contributed by atoms with E-state index in [-0.39, 0.29) is 12.3 Å². The molecule has 1 atom stereocenters. The Bertz CT molecular complexity index is 1340. The average molecular weight is 486 g/mol. The lowest BCUT2D eigenvalue weighted by atomic mass is 9.99. The Hall–Kier alpha value is -3.70. The van der Waals surface area contributed by atoms with Crippen LogP contribution in [0.25, 0.3) is 5.69 Å². The van der Waals surface area contributed by atoms with E-state index in [9.17, 15) is 4.79 Å². The monoisotopic (exact) mass is 485 g/mol. The highest BCUT2D eigenvalue weighted by atomic mass is 28.3. The van der Waals surface area contributed by atoms with E-state index < -0.39 is 14.1 Å². The van der Waals surface area contributed by atoms with E-state index in [1.807, 2.05) is 60.9 Å². The van der Waals surface area contributed by atoms with Crippen molar-refractivity contribution in [1.29, 1.82) is 0 Å².